The summed E-state index contributed by atoms with van der Waals surface area (Å²) < 4.78 is 0. The Hall–Kier alpha value is -3.74. The van der Waals surface area contributed by atoms with Gasteiger partial charge in [0.2, 0.25) is 5.91 Å². The Labute approximate surface area is 163 Å². The Balaban J connectivity index is 1.69. The number of nitrogens with one attached hydrogen (secondary N) is 3. The molecule has 7 heteroatoms. The van der Waals surface area contributed by atoms with Crippen molar-refractivity contribution in [2.24, 2.45) is 0 Å². The number of carbonyl (C=O) groups is 2. The Morgan fingerprint density at radius 2 is 1.61 bits per heavy atom. The van der Waals surface area contributed by atoms with E-state index in [0.29, 0.717) is 17.2 Å². The molecule has 28 heavy (non-hydrogen) atoms. The van der Waals surface area contributed by atoms with E-state index in [-0.39, 0.29) is 23.6 Å². The molecule has 0 aliphatic rings. The summed E-state index contributed by atoms with van der Waals surface area (Å²) in [6.45, 7) is 3.45. The van der Waals surface area contributed by atoms with Gasteiger partial charge in [-0.15, -0.1) is 0 Å². The highest BCUT2D eigenvalue weighted by Gasteiger charge is 2.12. The zero-order valence-corrected chi connectivity index (χ0v) is 15.6. The summed E-state index contributed by atoms with van der Waals surface area (Å²) >= 11 is 0. The van der Waals surface area contributed by atoms with Crippen LogP contribution in [0.15, 0.2) is 67.0 Å². The van der Waals surface area contributed by atoms with Crippen LogP contribution >= 0.6 is 0 Å². The molecular weight excluding hydrogens is 354 g/mol. The first-order valence-corrected chi connectivity index (χ1v) is 8.84. The Morgan fingerprint density at radius 3 is 2.32 bits per heavy atom. The Kier molecular flexibility index (Phi) is 5.96. The van der Waals surface area contributed by atoms with E-state index < -0.39 is 0 Å². The molecule has 1 atom stereocenters. The van der Waals surface area contributed by atoms with Gasteiger partial charge in [-0.1, -0.05) is 36.4 Å². The minimum atomic E-state index is -0.363. The van der Waals surface area contributed by atoms with Crippen LogP contribution in [0, 0.1) is 0 Å². The van der Waals surface area contributed by atoms with Crippen molar-refractivity contribution in [3.8, 4) is 0 Å². The number of nitrogens with zero attached hydrogens (tertiary/aromatic N) is 2. The van der Waals surface area contributed by atoms with Crippen molar-refractivity contribution in [2.45, 2.75) is 19.9 Å². The molecule has 142 valence electrons. The van der Waals surface area contributed by atoms with Crippen LogP contribution in [0.5, 0.6) is 0 Å². The molecular formula is C21H21N5O2. The van der Waals surface area contributed by atoms with E-state index in [1.54, 1.807) is 30.3 Å². The van der Waals surface area contributed by atoms with Gasteiger partial charge in [-0.25, -0.2) is 9.97 Å². The van der Waals surface area contributed by atoms with E-state index in [0.717, 1.165) is 5.56 Å². The van der Waals surface area contributed by atoms with Crippen LogP contribution in [0.2, 0.25) is 0 Å². The highest BCUT2D eigenvalue weighted by atomic mass is 16.2. The number of carbonyl (C=O) groups excluding carboxylic acids is 2. The first kappa shape index (κ1) is 19.0. The molecule has 3 N–H and O–H groups in total. The zero-order valence-electron chi connectivity index (χ0n) is 15.6. The third kappa shape index (κ3) is 5.14. The van der Waals surface area contributed by atoms with Gasteiger partial charge in [0.1, 0.15) is 17.8 Å². The van der Waals surface area contributed by atoms with Crippen molar-refractivity contribution in [2.75, 3.05) is 16.0 Å². The smallest absolute Gasteiger partial charge is 0.274 e. The van der Waals surface area contributed by atoms with E-state index in [1.807, 2.05) is 37.3 Å². The molecule has 0 aliphatic carbocycles. The topological polar surface area (TPSA) is 96.0 Å². The van der Waals surface area contributed by atoms with Crippen molar-refractivity contribution < 1.29 is 9.59 Å². The van der Waals surface area contributed by atoms with E-state index in [4.69, 9.17) is 0 Å². The van der Waals surface area contributed by atoms with Crippen LogP contribution in [-0.4, -0.2) is 21.8 Å². The van der Waals surface area contributed by atoms with Crippen molar-refractivity contribution in [1.82, 2.24) is 9.97 Å². The third-order valence-electron chi connectivity index (χ3n) is 4.00. The molecule has 1 unspecified atom stereocenters. The fourth-order valence-electron chi connectivity index (χ4n) is 2.68. The van der Waals surface area contributed by atoms with Gasteiger partial charge < -0.3 is 16.0 Å². The minimum absolute atomic E-state index is 0.0290. The number of anilines is 3. The molecule has 1 heterocycles. The predicted octanol–water partition coefficient (Wildman–Crippen LogP) is 3.86. The number of hydrogen-bond acceptors (Lipinski definition) is 5. The lowest BCUT2D eigenvalue weighted by Gasteiger charge is -2.15. The standard InChI is InChI=1S/C21H21N5O2/c1-14(16-7-4-3-5-8-16)24-20-12-19(22-13-23-20)21(28)26-18-10-6-9-17(11-18)25-15(2)27/h3-14H,1-2H3,(H,25,27)(H,26,28)(H,22,23,24). The molecule has 0 bridgehead atoms. The lowest BCUT2D eigenvalue weighted by atomic mass is 10.1. The monoisotopic (exact) mass is 375 g/mol. The van der Waals surface area contributed by atoms with Crippen LogP contribution < -0.4 is 16.0 Å². The highest BCUT2D eigenvalue weighted by molar-refractivity contribution is 6.03. The van der Waals surface area contributed by atoms with Crippen LogP contribution in [0.1, 0.15) is 35.9 Å². The molecule has 3 aromatic rings. The molecule has 0 radical (unpaired) electrons. The largest absolute Gasteiger partial charge is 0.363 e. The summed E-state index contributed by atoms with van der Waals surface area (Å²) in [5.74, 6) is 0.0174. The van der Waals surface area contributed by atoms with E-state index in [9.17, 15) is 9.59 Å². The zero-order chi connectivity index (χ0) is 19.9. The van der Waals surface area contributed by atoms with Gasteiger partial charge in [0.15, 0.2) is 0 Å². The van der Waals surface area contributed by atoms with Crippen molar-refractivity contribution >= 4 is 29.0 Å². The minimum Gasteiger partial charge on any atom is -0.363 e. The summed E-state index contributed by atoms with van der Waals surface area (Å²) in [5.41, 5.74) is 2.51. The average Bonchev–Trinajstić information content (AvgIpc) is 2.68. The SMILES string of the molecule is CC(=O)Nc1cccc(NC(=O)c2cc(NC(C)c3ccccc3)ncn2)c1. The van der Waals surface area contributed by atoms with E-state index >= 15 is 0 Å². The first-order valence-electron chi connectivity index (χ1n) is 8.84. The number of amides is 2. The lowest BCUT2D eigenvalue weighted by Crippen LogP contribution is -2.15. The van der Waals surface area contributed by atoms with Gasteiger partial charge in [-0.2, -0.15) is 0 Å². The highest BCUT2D eigenvalue weighted by Crippen LogP contribution is 2.19. The van der Waals surface area contributed by atoms with Gasteiger partial charge in [-0.3, -0.25) is 9.59 Å². The van der Waals surface area contributed by atoms with Gasteiger partial charge in [0.25, 0.3) is 5.91 Å². The molecule has 2 aromatic carbocycles. The van der Waals surface area contributed by atoms with Crippen LogP contribution in [0.3, 0.4) is 0 Å². The number of rotatable bonds is 6. The molecule has 1 aromatic heterocycles. The van der Waals surface area contributed by atoms with Gasteiger partial charge in [0.05, 0.1) is 0 Å². The fourth-order valence-corrected chi connectivity index (χ4v) is 2.68. The molecule has 7 nitrogen and oxygen atoms in total. The van der Waals surface area contributed by atoms with Gasteiger partial charge in [-0.05, 0) is 30.7 Å². The Bertz CT molecular complexity index is 975. The molecule has 0 saturated carbocycles. The summed E-state index contributed by atoms with van der Waals surface area (Å²) in [6.07, 6.45) is 1.35. The molecule has 0 aliphatic heterocycles. The second-order valence-electron chi connectivity index (χ2n) is 6.28. The van der Waals surface area contributed by atoms with Gasteiger partial charge >= 0.3 is 0 Å². The summed E-state index contributed by atoms with van der Waals surface area (Å²) in [4.78, 5) is 32.0. The van der Waals surface area contributed by atoms with Crippen LogP contribution in [0.4, 0.5) is 17.2 Å². The number of aromatic nitrogens is 2. The lowest BCUT2D eigenvalue weighted by molar-refractivity contribution is -0.114. The van der Waals surface area contributed by atoms with Gasteiger partial charge in [0, 0.05) is 30.4 Å². The average molecular weight is 375 g/mol. The molecule has 0 spiro atoms. The van der Waals surface area contributed by atoms with E-state index in [2.05, 4.69) is 25.9 Å². The first-order chi connectivity index (χ1) is 13.5. The third-order valence-corrected chi connectivity index (χ3v) is 4.00. The molecule has 0 saturated heterocycles. The summed E-state index contributed by atoms with van der Waals surface area (Å²) in [6, 6.07) is 18.5. The van der Waals surface area contributed by atoms with Crippen LogP contribution in [0.25, 0.3) is 0 Å². The molecule has 0 fully saturated rings. The molecule has 2 amide bonds. The second kappa shape index (κ2) is 8.77. The summed E-state index contributed by atoms with van der Waals surface area (Å²) in [7, 11) is 0. The number of benzene rings is 2. The quantitative estimate of drug-likeness (QED) is 0.608. The van der Waals surface area contributed by atoms with Crippen molar-refractivity contribution in [1.29, 1.82) is 0 Å². The normalized spacial score (nSPS) is 11.4. The van der Waals surface area contributed by atoms with Crippen LogP contribution in [-0.2, 0) is 4.79 Å². The number of hydrogen-bond donors (Lipinski definition) is 3. The maximum atomic E-state index is 12.5. The maximum absolute atomic E-state index is 12.5. The van der Waals surface area contributed by atoms with Crippen molar-refractivity contribution in [3.05, 3.63) is 78.2 Å². The Morgan fingerprint density at radius 1 is 0.893 bits per heavy atom. The predicted molar refractivity (Wildman–Crippen MR) is 109 cm³/mol. The summed E-state index contributed by atoms with van der Waals surface area (Å²) in [5, 5.41) is 8.72. The van der Waals surface area contributed by atoms with E-state index in [1.165, 1.54) is 13.3 Å². The second-order valence-corrected chi connectivity index (χ2v) is 6.28. The fraction of sp³-hybridized carbons (Fsp3) is 0.143. The van der Waals surface area contributed by atoms with Crippen molar-refractivity contribution in [3.63, 3.8) is 0 Å². The maximum Gasteiger partial charge on any atom is 0.274 e. The molecule has 3 rings (SSSR count).